The molecule has 0 atom stereocenters. The highest BCUT2D eigenvalue weighted by Gasteiger charge is 2.24. The first-order chi connectivity index (χ1) is 9.56. The molecule has 3 N–H and O–H groups in total. The van der Waals surface area contributed by atoms with Crippen LogP contribution in [0.3, 0.4) is 0 Å². The fourth-order valence-corrected chi connectivity index (χ4v) is 2.46. The number of carbonyl (C=O) groups excluding carboxylic acids is 2. The number of thioether (sulfide) groups is 1. The van der Waals surface area contributed by atoms with E-state index in [1.165, 1.54) is 16.7 Å². The molecule has 7 heteroatoms. The zero-order valence-electron chi connectivity index (χ0n) is 11.3. The van der Waals surface area contributed by atoms with E-state index >= 15 is 0 Å². The fourth-order valence-electron chi connectivity index (χ4n) is 1.58. The highest BCUT2D eigenvalue weighted by atomic mass is 32.2. The molecule has 2 rings (SSSR count). The number of hydrogen-bond donors (Lipinski definition) is 2. The largest absolute Gasteiger partial charge is 0.397 e. The van der Waals surface area contributed by atoms with E-state index in [0.717, 1.165) is 17.7 Å². The van der Waals surface area contributed by atoms with E-state index < -0.39 is 0 Å². The number of anilines is 1. The number of nitrogen functional groups attached to an aromatic ring is 1. The lowest BCUT2D eigenvalue weighted by atomic mass is 10.4. The smallest absolute Gasteiger partial charge is 0.239 e. The number of pyridine rings is 1. The predicted molar refractivity (Wildman–Crippen MR) is 78.2 cm³/mol. The van der Waals surface area contributed by atoms with Crippen LogP contribution in [0, 0.1) is 0 Å². The van der Waals surface area contributed by atoms with Gasteiger partial charge in [-0.2, -0.15) is 0 Å². The molecule has 0 radical (unpaired) electrons. The van der Waals surface area contributed by atoms with E-state index in [1.807, 2.05) is 0 Å². The van der Waals surface area contributed by atoms with Crippen LogP contribution in [-0.2, 0) is 9.59 Å². The van der Waals surface area contributed by atoms with Gasteiger partial charge < -0.3 is 16.0 Å². The molecular weight excluding hydrogens is 276 g/mol. The average Bonchev–Trinajstić information content (AvgIpc) is 3.21. The summed E-state index contributed by atoms with van der Waals surface area (Å²) in [6.45, 7) is 0.0989. The SMILES string of the molecule is CN(CC(=O)NC1CC1)C(=O)CSc1ccncc1N. The van der Waals surface area contributed by atoms with Crippen molar-refractivity contribution in [2.45, 2.75) is 23.8 Å². The third kappa shape index (κ3) is 4.41. The van der Waals surface area contributed by atoms with Gasteiger partial charge in [-0.05, 0) is 18.9 Å². The minimum atomic E-state index is -0.100. The van der Waals surface area contributed by atoms with Crippen LogP contribution in [0.4, 0.5) is 5.69 Å². The Hall–Kier alpha value is -1.76. The molecule has 0 aliphatic heterocycles. The second-order valence-corrected chi connectivity index (χ2v) is 5.81. The first kappa shape index (κ1) is 14.6. The Balaban J connectivity index is 1.75. The van der Waals surface area contributed by atoms with Gasteiger partial charge in [0.05, 0.1) is 24.2 Å². The van der Waals surface area contributed by atoms with Gasteiger partial charge in [-0.3, -0.25) is 14.6 Å². The van der Waals surface area contributed by atoms with Gasteiger partial charge in [0.15, 0.2) is 0 Å². The maximum absolute atomic E-state index is 11.9. The van der Waals surface area contributed by atoms with Crippen molar-refractivity contribution >= 4 is 29.3 Å². The lowest BCUT2D eigenvalue weighted by molar-refractivity contribution is -0.132. The Labute approximate surface area is 122 Å². The van der Waals surface area contributed by atoms with Crippen LogP contribution in [0.1, 0.15) is 12.8 Å². The Bertz CT molecular complexity index is 505. The Kier molecular flexibility index (Phi) is 4.84. The number of aromatic nitrogens is 1. The van der Waals surface area contributed by atoms with Crippen molar-refractivity contribution in [2.75, 3.05) is 25.1 Å². The second-order valence-electron chi connectivity index (χ2n) is 4.79. The molecule has 20 heavy (non-hydrogen) atoms. The van der Waals surface area contributed by atoms with Crippen molar-refractivity contribution in [1.82, 2.24) is 15.2 Å². The summed E-state index contributed by atoms with van der Waals surface area (Å²) in [7, 11) is 1.63. The van der Waals surface area contributed by atoms with Crippen LogP contribution in [0.25, 0.3) is 0 Å². The topological polar surface area (TPSA) is 88.3 Å². The number of amides is 2. The minimum Gasteiger partial charge on any atom is -0.397 e. The zero-order chi connectivity index (χ0) is 14.5. The monoisotopic (exact) mass is 294 g/mol. The van der Waals surface area contributed by atoms with Gasteiger partial charge in [0.25, 0.3) is 0 Å². The normalized spacial score (nSPS) is 13.8. The molecular formula is C13H18N4O2S. The third-order valence-corrected chi connectivity index (χ3v) is 3.98. The van der Waals surface area contributed by atoms with Crippen molar-refractivity contribution in [3.05, 3.63) is 18.5 Å². The van der Waals surface area contributed by atoms with E-state index in [1.54, 1.807) is 25.5 Å². The maximum atomic E-state index is 11.9. The number of nitrogens with one attached hydrogen (secondary N) is 1. The fraction of sp³-hybridized carbons (Fsp3) is 0.462. The quantitative estimate of drug-likeness (QED) is 0.746. The second kappa shape index (κ2) is 6.60. The Morgan fingerprint density at radius 1 is 1.55 bits per heavy atom. The lowest BCUT2D eigenvalue weighted by Gasteiger charge is -2.16. The van der Waals surface area contributed by atoms with E-state index in [0.29, 0.717) is 11.7 Å². The van der Waals surface area contributed by atoms with E-state index in [-0.39, 0.29) is 24.1 Å². The predicted octanol–water partition coefficient (Wildman–Crippen LogP) is 0.493. The van der Waals surface area contributed by atoms with E-state index in [9.17, 15) is 9.59 Å². The molecule has 1 aromatic heterocycles. The van der Waals surface area contributed by atoms with Crippen molar-refractivity contribution in [1.29, 1.82) is 0 Å². The molecule has 0 unspecified atom stereocenters. The highest BCUT2D eigenvalue weighted by molar-refractivity contribution is 8.00. The molecule has 0 saturated heterocycles. The minimum absolute atomic E-state index is 0.0989. The van der Waals surface area contributed by atoms with E-state index in [4.69, 9.17) is 5.73 Å². The van der Waals surface area contributed by atoms with Gasteiger partial charge in [-0.25, -0.2) is 0 Å². The number of likely N-dealkylation sites (N-methyl/N-ethyl adjacent to an activating group) is 1. The molecule has 1 aliphatic rings. The Morgan fingerprint density at radius 2 is 2.30 bits per heavy atom. The molecule has 0 spiro atoms. The highest BCUT2D eigenvalue weighted by Crippen LogP contribution is 2.23. The van der Waals surface area contributed by atoms with Gasteiger partial charge in [-0.1, -0.05) is 0 Å². The maximum Gasteiger partial charge on any atom is 0.239 e. The lowest BCUT2D eigenvalue weighted by Crippen LogP contribution is -2.39. The molecule has 1 heterocycles. The third-order valence-electron chi connectivity index (χ3n) is 2.91. The molecule has 1 saturated carbocycles. The number of hydrogen-bond acceptors (Lipinski definition) is 5. The van der Waals surface area contributed by atoms with Crippen LogP contribution in [0.5, 0.6) is 0 Å². The Morgan fingerprint density at radius 3 is 2.95 bits per heavy atom. The molecule has 108 valence electrons. The number of carbonyl (C=O) groups is 2. The van der Waals surface area contributed by atoms with Crippen molar-refractivity contribution in [3.63, 3.8) is 0 Å². The number of nitrogens with zero attached hydrogens (tertiary/aromatic N) is 2. The van der Waals surface area contributed by atoms with Crippen LogP contribution in [-0.4, -0.2) is 47.1 Å². The van der Waals surface area contributed by atoms with Crippen LogP contribution in [0.2, 0.25) is 0 Å². The molecule has 1 aliphatic carbocycles. The van der Waals surface area contributed by atoms with Crippen LogP contribution in [0.15, 0.2) is 23.4 Å². The molecule has 0 bridgehead atoms. The van der Waals surface area contributed by atoms with E-state index in [2.05, 4.69) is 10.3 Å². The summed E-state index contributed by atoms with van der Waals surface area (Å²) in [5, 5.41) is 2.85. The van der Waals surface area contributed by atoms with Gasteiger partial charge in [-0.15, -0.1) is 11.8 Å². The summed E-state index contributed by atoms with van der Waals surface area (Å²) in [6, 6.07) is 2.09. The summed E-state index contributed by atoms with van der Waals surface area (Å²) >= 11 is 1.35. The molecule has 0 aromatic carbocycles. The van der Waals surface area contributed by atoms with Gasteiger partial charge >= 0.3 is 0 Å². The molecule has 1 aromatic rings. The van der Waals surface area contributed by atoms with Crippen molar-refractivity contribution < 1.29 is 9.59 Å². The first-order valence-corrected chi connectivity index (χ1v) is 7.40. The molecule has 2 amide bonds. The zero-order valence-corrected chi connectivity index (χ0v) is 12.2. The van der Waals surface area contributed by atoms with Gasteiger partial charge in [0.2, 0.25) is 11.8 Å². The molecule has 6 nitrogen and oxygen atoms in total. The standard InChI is InChI=1S/C13H18N4O2S/c1-17(7-12(18)16-9-2-3-9)13(19)8-20-11-4-5-15-6-10(11)14/h4-6,9H,2-3,7-8,14H2,1H3,(H,16,18). The average molecular weight is 294 g/mol. The number of rotatable bonds is 6. The summed E-state index contributed by atoms with van der Waals surface area (Å²) in [4.78, 5) is 29.7. The molecule has 1 fully saturated rings. The summed E-state index contributed by atoms with van der Waals surface area (Å²) in [5.74, 6) is 0.0513. The van der Waals surface area contributed by atoms with Gasteiger partial charge in [0.1, 0.15) is 0 Å². The summed E-state index contributed by atoms with van der Waals surface area (Å²) in [6.07, 6.45) is 5.27. The van der Waals surface area contributed by atoms with Gasteiger partial charge in [0, 0.05) is 24.2 Å². The first-order valence-electron chi connectivity index (χ1n) is 6.42. The number of nitrogens with two attached hydrogens (primary N) is 1. The summed E-state index contributed by atoms with van der Waals surface area (Å²) in [5.41, 5.74) is 6.31. The van der Waals surface area contributed by atoms with Crippen LogP contribution >= 0.6 is 11.8 Å². The van der Waals surface area contributed by atoms with Crippen molar-refractivity contribution in [3.8, 4) is 0 Å². The van der Waals surface area contributed by atoms with Crippen LogP contribution < -0.4 is 11.1 Å². The van der Waals surface area contributed by atoms with Crippen molar-refractivity contribution in [2.24, 2.45) is 0 Å². The summed E-state index contributed by atoms with van der Waals surface area (Å²) < 4.78 is 0.